The van der Waals surface area contributed by atoms with Gasteiger partial charge in [0.25, 0.3) is 0 Å². The molecule has 15 heteroatoms. The lowest BCUT2D eigenvalue weighted by atomic mass is 9.98. The minimum absolute atomic E-state index is 0.358. The van der Waals surface area contributed by atoms with Crippen molar-refractivity contribution in [3.63, 3.8) is 0 Å². The van der Waals surface area contributed by atoms with E-state index in [4.69, 9.17) is 21.1 Å². The highest BCUT2D eigenvalue weighted by Gasteiger charge is 2.33. The second kappa shape index (κ2) is 13.6. The summed E-state index contributed by atoms with van der Waals surface area (Å²) in [6, 6.07) is -6.64. The summed E-state index contributed by atoms with van der Waals surface area (Å²) < 4.78 is 0. The van der Waals surface area contributed by atoms with Gasteiger partial charge in [-0.2, -0.15) is 0 Å². The summed E-state index contributed by atoms with van der Waals surface area (Å²) in [6.07, 6.45) is -2.43. The molecule has 15 nitrogen and oxygen atoms in total. The molecular weight excluding hydrogens is 448 g/mol. The van der Waals surface area contributed by atoms with Crippen molar-refractivity contribution in [2.75, 3.05) is 0 Å². The Balaban J connectivity index is 5.61. The lowest BCUT2D eigenvalue weighted by Crippen LogP contribution is -2.58. The molecule has 3 amide bonds. The van der Waals surface area contributed by atoms with E-state index in [1.807, 2.05) is 10.6 Å². The molecule has 0 aliphatic heterocycles. The zero-order chi connectivity index (χ0) is 25.9. The Morgan fingerprint density at radius 1 is 0.697 bits per heavy atom. The number of hydrogen-bond donors (Lipinski definition) is 8. The Morgan fingerprint density at radius 2 is 1.09 bits per heavy atom. The first-order valence-corrected chi connectivity index (χ1v) is 9.74. The summed E-state index contributed by atoms with van der Waals surface area (Å²) in [5, 5.41) is 42.1. The largest absolute Gasteiger partial charge is 0.481 e. The molecule has 186 valence electrons. The lowest BCUT2D eigenvalue weighted by Gasteiger charge is -2.25. The SMILES string of the molecule is CCC(C)C(NC(=O)C(CC(=O)O)NC(=O)C(CC(=O)O)NC(=O)C(N)CC(=O)O)C(=O)O. The fourth-order valence-corrected chi connectivity index (χ4v) is 2.54. The maximum atomic E-state index is 12.5. The minimum Gasteiger partial charge on any atom is -0.481 e. The van der Waals surface area contributed by atoms with Crippen LogP contribution in [0, 0.1) is 5.92 Å². The topological polar surface area (TPSA) is 263 Å². The van der Waals surface area contributed by atoms with E-state index in [0.29, 0.717) is 6.42 Å². The van der Waals surface area contributed by atoms with E-state index < -0.39 is 90.9 Å². The molecule has 0 saturated heterocycles. The molecule has 33 heavy (non-hydrogen) atoms. The molecule has 0 rings (SSSR count). The lowest BCUT2D eigenvalue weighted by molar-refractivity contribution is -0.145. The van der Waals surface area contributed by atoms with Crippen molar-refractivity contribution in [2.24, 2.45) is 11.7 Å². The molecule has 0 spiro atoms. The number of carboxylic acids is 4. The summed E-state index contributed by atoms with van der Waals surface area (Å²) in [6.45, 7) is 3.19. The van der Waals surface area contributed by atoms with Crippen LogP contribution in [0.25, 0.3) is 0 Å². The van der Waals surface area contributed by atoms with Crippen molar-refractivity contribution in [1.29, 1.82) is 0 Å². The van der Waals surface area contributed by atoms with Crippen LogP contribution in [0.1, 0.15) is 39.5 Å². The van der Waals surface area contributed by atoms with Gasteiger partial charge in [0, 0.05) is 0 Å². The first-order valence-electron chi connectivity index (χ1n) is 9.74. The van der Waals surface area contributed by atoms with Crippen molar-refractivity contribution >= 4 is 41.6 Å². The normalized spacial score (nSPS) is 15.1. The van der Waals surface area contributed by atoms with Crippen LogP contribution >= 0.6 is 0 Å². The van der Waals surface area contributed by atoms with Crippen LogP contribution in [0.4, 0.5) is 0 Å². The average Bonchev–Trinajstić information content (AvgIpc) is 2.68. The fraction of sp³-hybridized carbons (Fsp3) is 0.611. The number of carboxylic acid groups (broad SMARTS) is 4. The molecule has 0 heterocycles. The second-order valence-electron chi connectivity index (χ2n) is 7.23. The Labute approximate surface area is 187 Å². The smallest absolute Gasteiger partial charge is 0.326 e. The monoisotopic (exact) mass is 476 g/mol. The fourth-order valence-electron chi connectivity index (χ4n) is 2.54. The number of nitrogens with one attached hydrogen (secondary N) is 3. The minimum atomic E-state index is -1.83. The maximum Gasteiger partial charge on any atom is 0.326 e. The zero-order valence-electron chi connectivity index (χ0n) is 17.9. The predicted molar refractivity (Wildman–Crippen MR) is 108 cm³/mol. The van der Waals surface area contributed by atoms with Gasteiger partial charge in [0.2, 0.25) is 17.7 Å². The van der Waals surface area contributed by atoms with Crippen LogP contribution in [0.15, 0.2) is 0 Å². The van der Waals surface area contributed by atoms with Gasteiger partial charge < -0.3 is 42.1 Å². The van der Waals surface area contributed by atoms with E-state index in [-0.39, 0.29) is 0 Å². The summed E-state index contributed by atoms with van der Waals surface area (Å²) in [5.74, 6) is -10.0. The number of hydrogen-bond acceptors (Lipinski definition) is 8. The van der Waals surface area contributed by atoms with Crippen LogP contribution in [-0.4, -0.2) is 86.2 Å². The van der Waals surface area contributed by atoms with Gasteiger partial charge in [-0.1, -0.05) is 20.3 Å². The summed E-state index contributed by atoms with van der Waals surface area (Å²) in [5.41, 5.74) is 5.37. The molecule has 0 fully saturated rings. The Bertz CT molecular complexity index is 785. The highest BCUT2D eigenvalue weighted by Crippen LogP contribution is 2.09. The molecule has 0 saturated carbocycles. The number of carbonyl (C=O) groups is 7. The molecule has 0 aliphatic carbocycles. The van der Waals surface area contributed by atoms with Crippen molar-refractivity contribution in [3.8, 4) is 0 Å². The van der Waals surface area contributed by atoms with Gasteiger partial charge >= 0.3 is 23.9 Å². The van der Waals surface area contributed by atoms with E-state index in [1.54, 1.807) is 6.92 Å². The van der Waals surface area contributed by atoms with Gasteiger partial charge in [-0.05, 0) is 5.92 Å². The molecule has 0 bridgehead atoms. The first kappa shape index (κ1) is 29.2. The number of carbonyl (C=O) groups excluding carboxylic acids is 3. The van der Waals surface area contributed by atoms with E-state index >= 15 is 0 Å². The summed E-state index contributed by atoms with van der Waals surface area (Å²) in [7, 11) is 0. The maximum absolute atomic E-state index is 12.5. The zero-order valence-corrected chi connectivity index (χ0v) is 17.9. The van der Waals surface area contributed by atoms with E-state index in [1.165, 1.54) is 6.92 Å². The Hall–Kier alpha value is -3.75. The third-order valence-corrected chi connectivity index (χ3v) is 4.53. The molecule has 9 N–H and O–H groups in total. The van der Waals surface area contributed by atoms with Crippen molar-refractivity contribution in [2.45, 2.75) is 63.7 Å². The van der Waals surface area contributed by atoms with Crippen molar-refractivity contribution in [1.82, 2.24) is 16.0 Å². The van der Waals surface area contributed by atoms with E-state index in [9.17, 15) is 38.7 Å². The molecule has 0 radical (unpaired) electrons. The molecule has 5 unspecified atom stereocenters. The third kappa shape index (κ3) is 10.9. The number of amides is 3. The second-order valence-corrected chi connectivity index (χ2v) is 7.23. The average molecular weight is 476 g/mol. The van der Waals surface area contributed by atoms with Crippen LogP contribution in [0.2, 0.25) is 0 Å². The standard InChI is InChI=1S/C18H28N4O11/c1-3-7(2)14(18(32)33)22-17(31)10(6-13(27)28)21-16(30)9(5-12(25)26)20-15(29)8(19)4-11(23)24/h7-10,14H,3-6,19H2,1-2H3,(H,20,29)(H,21,30)(H,22,31)(H,23,24)(H,25,26)(H,27,28)(H,32,33). The molecule has 0 aliphatic rings. The number of rotatable bonds is 15. The molecule has 0 aromatic rings. The first-order chi connectivity index (χ1) is 15.2. The van der Waals surface area contributed by atoms with Gasteiger partial charge in [-0.15, -0.1) is 0 Å². The van der Waals surface area contributed by atoms with Gasteiger partial charge in [0.15, 0.2) is 0 Å². The quantitative estimate of drug-likeness (QED) is 0.120. The highest BCUT2D eigenvalue weighted by molar-refractivity contribution is 5.97. The molecule has 0 aromatic carbocycles. The molecular formula is C18H28N4O11. The predicted octanol–water partition coefficient (Wildman–Crippen LogP) is -2.68. The number of aliphatic carboxylic acids is 4. The Morgan fingerprint density at radius 3 is 1.45 bits per heavy atom. The summed E-state index contributed by atoms with van der Waals surface area (Å²) in [4.78, 5) is 81.3. The van der Waals surface area contributed by atoms with Crippen LogP contribution in [0.5, 0.6) is 0 Å². The molecule has 0 aromatic heterocycles. The third-order valence-electron chi connectivity index (χ3n) is 4.53. The summed E-state index contributed by atoms with van der Waals surface area (Å²) >= 11 is 0. The molecule has 5 atom stereocenters. The van der Waals surface area contributed by atoms with Crippen LogP contribution in [0.3, 0.4) is 0 Å². The van der Waals surface area contributed by atoms with Crippen LogP contribution < -0.4 is 21.7 Å². The van der Waals surface area contributed by atoms with Crippen molar-refractivity contribution in [3.05, 3.63) is 0 Å². The number of nitrogens with two attached hydrogens (primary N) is 1. The van der Waals surface area contributed by atoms with Crippen LogP contribution in [-0.2, 0) is 33.6 Å². The van der Waals surface area contributed by atoms with E-state index in [2.05, 4.69) is 5.32 Å². The van der Waals surface area contributed by atoms with Gasteiger partial charge in [-0.25, -0.2) is 4.79 Å². The van der Waals surface area contributed by atoms with Gasteiger partial charge in [0.05, 0.1) is 25.3 Å². The van der Waals surface area contributed by atoms with Crippen molar-refractivity contribution < 1.29 is 54.0 Å². The Kier molecular flexibility index (Phi) is 12.1. The van der Waals surface area contributed by atoms with E-state index in [0.717, 1.165) is 0 Å². The van der Waals surface area contributed by atoms with Gasteiger partial charge in [-0.3, -0.25) is 28.8 Å². The highest BCUT2D eigenvalue weighted by atomic mass is 16.4. The van der Waals surface area contributed by atoms with Gasteiger partial charge in [0.1, 0.15) is 18.1 Å².